The summed E-state index contributed by atoms with van der Waals surface area (Å²) < 4.78 is 0. The number of carbonyl (C=O) groups is 1. The van der Waals surface area contributed by atoms with Gasteiger partial charge in [-0.3, -0.25) is 4.79 Å². The van der Waals surface area contributed by atoms with E-state index in [0.717, 1.165) is 12.1 Å². The van der Waals surface area contributed by atoms with Crippen LogP contribution in [0.3, 0.4) is 0 Å². The predicted octanol–water partition coefficient (Wildman–Crippen LogP) is 4.09. The first-order chi connectivity index (χ1) is 11.1. The molecule has 0 fully saturated rings. The third kappa shape index (κ3) is 4.04. The molecule has 128 valence electrons. The minimum absolute atomic E-state index is 0. The van der Waals surface area contributed by atoms with Crippen LogP contribution in [0.15, 0.2) is 42.5 Å². The van der Waals surface area contributed by atoms with E-state index in [9.17, 15) is 4.79 Å². The van der Waals surface area contributed by atoms with Gasteiger partial charge in [0.15, 0.2) is 0 Å². The van der Waals surface area contributed by atoms with Gasteiger partial charge in [0.1, 0.15) is 0 Å². The van der Waals surface area contributed by atoms with Crippen molar-refractivity contribution in [3.05, 3.63) is 69.2 Å². The minimum atomic E-state index is -0.201. The number of rotatable bonds is 3. The van der Waals surface area contributed by atoms with Gasteiger partial charge in [0, 0.05) is 20.1 Å². The summed E-state index contributed by atoms with van der Waals surface area (Å²) >= 11 is 12.2. The fourth-order valence-electron chi connectivity index (χ4n) is 2.90. The highest BCUT2D eigenvalue weighted by atomic mass is 35.5. The molecule has 2 aromatic carbocycles. The Hall–Kier alpha value is -1.26. The maximum absolute atomic E-state index is 12.7. The number of carbonyl (C=O) groups excluding carboxylic acids is 1. The second kappa shape index (κ2) is 8.21. The second-order valence-corrected chi connectivity index (χ2v) is 6.60. The molecule has 0 aliphatic carbocycles. The van der Waals surface area contributed by atoms with Crippen LogP contribution in [0.4, 0.5) is 0 Å². The van der Waals surface area contributed by atoms with Crippen LogP contribution >= 0.6 is 35.6 Å². The third-order valence-electron chi connectivity index (χ3n) is 4.19. The lowest BCUT2D eigenvalue weighted by atomic mass is 9.95. The van der Waals surface area contributed by atoms with Gasteiger partial charge in [-0.15, -0.1) is 12.4 Å². The normalized spacial score (nSPS) is 16.0. The number of nitrogens with zero attached hydrogens (tertiary/aromatic N) is 1. The Bertz CT molecular complexity index is 736. The lowest BCUT2D eigenvalue weighted by Crippen LogP contribution is -2.48. The van der Waals surface area contributed by atoms with Gasteiger partial charge in [-0.05, 0) is 29.2 Å². The molecule has 1 amide bonds. The van der Waals surface area contributed by atoms with Gasteiger partial charge in [-0.25, -0.2) is 0 Å². The molecule has 1 atom stereocenters. The first-order valence-corrected chi connectivity index (χ1v) is 8.30. The van der Waals surface area contributed by atoms with E-state index in [1.807, 2.05) is 24.3 Å². The standard InChI is InChI=1S/C18H18Cl2N2O.ClH/c1-22(11-14-7-4-8-15(19)17(14)20)18(23)16-9-12-5-2-3-6-13(12)10-21-16;/h2-8,16,21H,9-11H2,1H3;1H. The molecule has 0 bridgehead atoms. The Balaban J connectivity index is 0.00000208. The first-order valence-electron chi connectivity index (χ1n) is 7.54. The number of nitrogens with one attached hydrogen (secondary N) is 1. The average Bonchev–Trinajstić information content (AvgIpc) is 2.57. The van der Waals surface area contributed by atoms with Crippen molar-refractivity contribution >= 4 is 41.5 Å². The van der Waals surface area contributed by atoms with Crippen LogP contribution < -0.4 is 5.32 Å². The second-order valence-electron chi connectivity index (χ2n) is 5.81. The largest absolute Gasteiger partial charge is 0.340 e. The number of amides is 1. The van der Waals surface area contributed by atoms with Gasteiger partial charge in [-0.2, -0.15) is 0 Å². The van der Waals surface area contributed by atoms with E-state index in [2.05, 4.69) is 17.4 Å². The zero-order chi connectivity index (χ0) is 16.4. The lowest BCUT2D eigenvalue weighted by Gasteiger charge is -2.29. The summed E-state index contributed by atoms with van der Waals surface area (Å²) in [5, 5.41) is 4.34. The van der Waals surface area contributed by atoms with Crippen molar-refractivity contribution in [1.29, 1.82) is 0 Å². The Morgan fingerprint density at radius 3 is 2.62 bits per heavy atom. The molecule has 0 saturated heterocycles. The molecule has 0 aromatic heterocycles. The summed E-state index contributed by atoms with van der Waals surface area (Å²) in [6.07, 6.45) is 0.711. The van der Waals surface area contributed by atoms with Crippen molar-refractivity contribution in [2.75, 3.05) is 7.05 Å². The van der Waals surface area contributed by atoms with Crippen molar-refractivity contribution in [2.45, 2.75) is 25.6 Å². The van der Waals surface area contributed by atoms with Crippen LogP contribution in [0.5, 0.6) is 0 Å². The maximum Gasteiger partial charge on any atom is 0.240 e. The highest BCUT2D eigenvalue weighted by Crippen LogP contribution is 2.26. The molecule has 1 N–H and O–H groups in total. The van der Waals surface area contributed by atoms with Crippen LogP contribution in [0.2, 0.25) is 10.0 Å². The Morgan fingerprint density at radius 2 is 1.88 bits per heavy atom. The van der Waals surface area contributed by atoms with Crippen LogP contribution in [-0.2, 0) is 24.3 Å². The summed E-state index contributed by atoms with van der Waals surface area (Å²) in [5.74, 6) is 0.0653. The van der Waals surface area contributed by atoms with E-state index >= 15 is 0 Å². The number of halogens is 3. The van der Waals surface area contributed by atoms with Crippen LogP contribution in [-0.4, -0.2) is 23.9 Å². The quantitative estimate of drug-likeness (QED) is 0.863. The zero-order valence-corrected chi connectivity index (χ0v) is 15.6. The maximum atomic E-state index is 12.7. The fraction of sp³-hybridized carbons (Fsp3) is 0.278. The van der Waals surface area contributed by atoms with Gasteiger partial charge in [0.25, 0.3) is 0 Å². The van der Waals surface area contributed by atoms with E-state index in [1.54, 1.807) is 18.0 Å². The number of hydrogen-bond donors (Lipinski definition) is 1. The smallest absolute Gasteiger partial charge is 0.240 e. The van der Waals surface area contributed by atoms with Gasteiger partial charge in [0.05, 0.1) is 16.1 Å². The lowest BCUT2D eigenvalue weighted by molar-refractivity contribution is -0.132. The molecule has 0 spiro atoms. The third-order valence-corrected chi connectivity index (χ3v) is 5.05. The van der Waals surface area contributed by atoms with Crippen LogP contribution in [0.1, 0.15) is 16.7 Å². The van der Waals surface area contributed by atoms with Crippen molar-refractivity contribution in [2.24, 2.45) is 0 Å². The molecule has 2 aromatic rings. The Morgan fingerprint density at radius 1 is 1.17 bits per heavy atom. The number of hydrogen-bond acceptors (Lipinski definition) is 2. The summed E-state index contributed by atoms with van der Waals surface area (Å²) in [5.41, 5.74) is 3.35. The predicted molar refractivity (Wildman–Crippen MR) is 101 cm³/mol. The molecule has 3 rings (SSSR count). The Kier molecular flexibility index (Phi) is 6.53. The van der Waals surface area contributed by atoms with Crippen molar-refractivity contribution in [1.82, 2.24) is 10.2 Å². The molecule has 0 saturated carbocycles. The summed E-state index contributed by atoms with van der Waals surface area (Å²) in [7, 11) is 1.79. The van der Waals surface area contributed by atoms with Crippen molar-refractivity contribution in [3.63, 3.8) is 0 Å². The molecular weight excluding hydrogens is 367 g/mol. The van der Waals surface area contributed by atoms with Gasteiger partial charge >= 0.3 is 0 Å². The van der Waals surface area contributed by atoms with E-state index < -0.39 is 0 Å². The monoisotopic (exact) mass is 384 g/mol. The summed E-state index contributed by atoms with van der Waals surface area (Å²) in [4.78, 5) is 14.4. The Labute approximate surface area is 158 Å². The van der Waals surface area contributed by atoms with Gasteiger partial charge in [0.2, 0.25) is 5.91 Å². The fourth-order valence-corrected chi connectivity index (χ4v) is 3.28. The molecule has 1 aliphatic heterocycles. The molecule has 1 heterocycles. The molecule has 0 radical (unpaired) electrons. The van der Waals surface area contributed by atoms with Crippen molar-refractivity contribution < 1.29 is 4.79 Å². The minimum Gasteiger partial charge on any atom is -0.340 e. The molecule has 6 heteroatoms. The van der Waals surface area contributed by atoms with Crippen molar-refractivity contribution in [3.8, 4) is 0 Å². The van der Waals surface area contributed by atoms with Crippen LogP contribution in [0, 0.1) is 0 Å². The molecule has 1 unspecified atom stereocenters. The van der Waals surface area contributed by atoms with E-state index in [1.165, 1.54) is 11.1 Å². The number of benzene rings is 2. The van der Waals surface area contributed by atoms with Gasteiger partial charge < -0.3 is 10.2 Å². The number of fused-ring (bicyclic) bond motifs is 1. The highest BCUT2D eigenvalue weighted by molar-refractivity contribution is 6.42. The zero-order valence-electron chi connectivity index (χ0n) is 13.3. The topological polar surface area (TPSA) is 32.3 Å². The van der Waals surface area contributed by atoms with E-state index in [0.29, 0.717) is 23.0 Å². The van der Waals surface area contributed by atoms with Gasteiger partial charge in [-0.1, -0.05) is 59.6 Å². The van der Waals surface area contributed by atoms with E-state index in [-0.39, 0.29) is 24.4 Å². The highest BCUT2D eigenvalue weighted by Gasteiger charge is 2.26. The SMILES string of the molecule is CN(Cc1cccc(Cl)c1Cl)C(=O)C1Cc2ccccc2CN1.Cl. The molecule has 1 aliphatic rings. The average molecular weight is 386 g/mol. The summed E-state index contributed by atoms with van der Waals surface area (Å²) in [6, 6.07) is 13.5. The molecule has 24 heavy (non-hydrogen) atoms. The number of likely N-dealkylation sites (N-methyl/N-ethyl adjacent to an activating group) is 1. The molecule has 3 nitrogen and oxygen atoms in total. The summed E-state index contributed by atoms with van der Waals surface area (Å²) in [6.45, 7) is 1.16. The van der Waals surface area contributed by atoms with E-state index in [4.69, 9.17) is 23.2 Å². The molecular formula is C18H19Cl3N2O. The van der Waals surface area contributed by atoms with Crippen LogP contribution in [0.25, 0.3) is 0 Å². The first kappa shape index (κ1) is 19.1.